The number of aromatic nitrogens is 3. The summed E-state index contributed by atoms with van der Waals surface area (Å²) >= 11 is 0. The summed E-state index contributed by atoms with van der Waals surface area (Å²) in [7, 11) is -4.05. The number of alkyl halides is 3. The summed E-state index contributed by atoms with van der Waals surface area (Å²) in [6.07, 6.45) is -1.04. The van der Waals surface area contributed by atoms with Crippen LogP contribution in [0.3, 0.4) is 0 Å². The van der Waals surface area contributed by atoms with Crippen molar-refractivity contribution in [3.63, 3.8) is 0 Å². The molecule has 26 heavy (non-hydrogen) atoms. The van der Waals surface area contributed by atoms with E-state index in [4.69, 9.17) is 0 Å². The number of nitrogens with zero attached hydrogens (tertiary/aromatic N) is 4. The van der Waals surface area contributed by atoms with Crippen molar-refractivity contribution < 1.29 is 26.4 Å². The third kappa shape index (κ3) is 4.21. The van der Waals surface area contributed by atoms with Crippen LogP contribution >= 0.6 is 0 Å². The lowest BCUT2D eigenvalue weighted by molar-refractivity contribution is -0.129. The predicted molar refractivity (Wildman–Crippen MR) is 85.4 cm³/mol. The number of carbonyl (C=O) groups is 1. The summed E-state index contributed by atoms with van der Waals surface area (Å²) in [5.74, 6) is -2.33. The number of sulfone groups is 1. The minimum atomic E-state index is -4.56. The fourth-order valence-electron chi connectivity index (χ4n) is 2.60. The van der Waals surface area contributed by atoms with Gasteiger partial charge in [-0.15, -0.1) is 0 Å². The fourth-order valence-corrected chi connectivity index (χ4v) is 4.00. The number of amides is 1. The normalized spacial score (nSPS) is 15.2. The molecule has 2 aromatic rings. The van der Waals surface area contributed by atoms with Gasteiger partial charge in [0.15, 0.2) is 9.84 Å². The lowest BCUT2D eigenvalue weighted by atomic mass is 10.1. The van der Waals surface area contributed by atoms with Gasteiger partial charge in [-0.3, -0.25) is 9.78 Å². The van der Waals surface area contributed by atoms with Gasteiger partial charge >= 0.3 is 6.18 Å². The number of rotatable bonds is 5. The van der Waals surface area contributed by atoms with Crippen LogP contribution in [0.25, 0.3) is 5.69 Å². The number of halogens is 3. The monoisotopic (exact) mass is 388 g/mol. The lowest BCUT2D eigenvalue weighted by Crippen LogP contribution is -2.41. The molecule has 0 unspecified atom stereocenters. The Morgan fingerprint density at radius 2 is 2.04 bits per heavy atom. The van der Waals surface area contributed by atoms with Gasteiger partial charge in [-0.05, 0) is 12.1 Å². The molecule has 2 aromatic heterocycles. The third-order valence-electron chi connectivity index (χ3n) is 3.89. The van der Waals surface area contributed by atoms with Crippen LogP contribution < -0.4 is 0 Å². The Morgan fingerprint density at radius 1 is 1.27 bits per heavy atom. The van der Waals surface area contributed by atoms with E-state index in [0.29, 0.717) is 17.8 Å². The second kappa shape index (κ2) is 6.71. The fraction of sp³-hybridized carbons (Fsp3) is 0.400. The van der Waals surface area contributed by atoms with Gasteiger partial charge in [-0.1, -0.05) is 0 Å². The Labute approximate surface area is 147 Å². The first-order valence-electron chi connectivity index (χ1n) is 7.70. The lowest BCUT2D eigenvalue weighted by Gasteiger charge is -2.25. The average Bonchev–Trinajstić information content (AvgIpc) is 3.01. The molecule has 0 saturated carbocycles. The molecule has 0 aromatic carbocycles. The number of carbonyl (C=O) groups excluding carboxylic acids is 1. The zero-order chi connectivity index (χ0) is 18.9. The largest absolute Gasteiger partial charge is 0.390 e. The number of hydrogen-bond acceptors (Lipinski definition) is 5. The van der Waals surface area contributed by atoms with E-state index in [2.05, 4.69) is 10.1 Å². The smallest absolute Gasteiger partial charge is 0.324 e. The zero-order valence-electron chi connectivity index (χ0n) is 13.5. The van der Waals surface area contributed by atoms with Gasteiger partial charge in [0.2, 0.25) is 0 Å². The molecule has 3 rings (SSSR count). The molecule has 0 saturated heterocycles. The number of hydrogen-bond donors (Lipinski definition) is 0. The van der Waals surface area contributed by atoms with E-state index in [1.807, 2.05) is 0 Å². The van der Waals surface area contributed by atoms with Gasteiger partial charge in [0.25, 0.3) is 5.91 Å². The van der Waals surface area contributed by atoms with Crippen molar-refractivity contribution in [2.45, 2.75) is 19.0 Å². The quantitative estimate of drug-likeness (QED) is 0.777. The topological polar surface area (TPSA) is 85.2 Å². The van der Waals surface area contributed by atoms with Crippen LogP contribution in [0.4, 0.5) is 13.2 Å². The molecule has 0 atom stereocenters. The molecule has 140 valence electrons. The van der Waals surface area contributed by atoms with Gasteiger partial charge < -0.3 is 4.90 Å². The molecule has 0 bridgehead atoms. The Balaban J connectivity index is 1.75. The Kier molecular flexibility index (Phi) is 4.74. The van der Waals surface area contributed by atoms with Gasteiger partial charge in [-0.2, -0.15) is 18.3 Å². The van der Waals surface area contributed by atoms with Crippen LogP contribution in [-0.4, -0.2) is 58.3 Å². The molecular formula is C15H15F3N4O3S. The molecular weight excluding hydrogens is 373 g/mol. The van der Waals surface area contributed by atoms with Crippen LogP contribution in [0.15, 0.2) is 30.7 Å². The molecule has 0 aliphatic carbocycles. The molecule has 1 aliphatic rings. The zero-order valence-corrected chi connectivity index (χ0v) is 14.3. The van der Waals surface area contributed by atoms with E-state index >= 15 is 0 Å². The van der Waals surface area contributed by atoms with E-state index in [-0.39, 0.29) is 12.1 Å². The summed E-state index contributed by atoms with van der Waals surface area (Å²) in [5.41, 5.74) is 1.40. The maximum Gasteiger partial charge on any atom is 0.390 e. The standard InChI is InChI=1S/C15H15F3N4O3S/c16-15(17,18)4-7-26(24,25)10-21-6-3-13-12(14(21)23)9-22(20-13)11-2-1-5-19-8-11/h1-2,5,8-9H,3-4,6-7,10H2. The number of fused-ring (bicyclic) bond motifs is 1. The molecule has 0 N–H and O–H groups in total. The van der Waals surface area contributed by atoms with Gasteiger partial charge in [0.05, 0.1) is 35.3 Å². The molecule has 11 heteroatoms. The van der Waals surface area contributed by atoms with E-state index in [1.54, 1.807) is 24.5 Å². The van der Waals surface area contributed by atoms with E-state index in [0.717, 1.165) is 4.90 Å². The van der Waals surface area contributed by atoms with Crippen LogP contribution in [-0.2, 0) is 16.3 Å². The van der Waals surface area contributed by atoms with Gasteiger partial charge in [-0.25, -0.2) is 13.1 Å². The van der Waals surface area contributed by atoms with Crippen molar-refractivity contribution in [1.29, 1.82) is 0 Å². The molecule has 0 fully saturated rings. The minimum absolute atomic E-state index is 0.0845. The van der Waals surface area contributed by atoms with Crippen molar-refractivity contribution in [2.75, 3.05) is 18.2 Å². The first kappa shape index (κ1) is 18.4. The van der Waals surface area contributed by atoms with Crippen LogP contribution in [0, 0.1) is 0 Å². The number of pyridine rings is 1. The Bertz CT molecular complexity index is 910. The second-order valence-corrected chi connectivity index (χ2v) is 8.06. The van der Waals surface area contributed by atoms with Crippen LogP contribution in [0.1, 0.15) is 22.5 Å². The summed E-state index contributed by atoms with van der Waals surface area (Å²) in [5, 5.41) is 4.30. The Hall–Kier alpha value is -2.43. The Morgan fingerprint density at radius 3 is 2.69 bits per heavy atom. The van der Waals surface area contributed by atoms with Gasteiger partial charge in [0.1, 0.15) is 5.88 Å². The summed E-state index contributed by atoms with van der Waals surface area (Å²) in [6.45, 7) is 0.0845. The summed E-state index contributed by atoms with van der Waals surface area (Å²) < 4.78 is 62.0. The van der Waals surface area contributed by atoms with Crippen molar-refractivity contribution in [3.8, 4) is 5.69 Å². The minimum Gasteiger partial charge on any atom is -0.324 e. The van der Waals surface area contributed by atoms with Crippen LogP contribution in [0.5, 0.6) is 0 Å². The third-order valence-corrected chi connectivity index (χ3v) is 5.42. The highest BCUT2D eigenvalue weighted by Crippen LogP contribution is 2.23. The summed E-state index contributed by atoms with van der Waals surface area (Å²) in [4.78, 5) is 17.5. The van der Waals surface area contributed by atoms with E-state index in [1.165, 1.54) is 10.9 Å². The molecule has 7 nitrogen and oxygen atoms in total. The molecule has 0 radical (unpaired) electrons. The van der Waals surface area contributed by atoms with Crippen molar-refractivity contribution in [2.24, 2.45) is 0 Å². The molecule has 1 aliphatic heterocycles. The predicted octanol–water partition coefficient (Wildman–Crippen LogP) is 1.59. The van der Waals surface area contributed by atoms with E-state index in [9.17, 15) is 26.4 Å². The first-order valence-corrected chi connectivity index (χ1v) is 9.52. The van der Waals surface area contributed by atoms with Gasteiger partial charge in [0, 0.05) is 25.4 Å². The first-order chi connectivity index (χ1) is 12.1. The molecule has 0 spiro atoms. The average molecular weight is 388 g/mol. The summed E-state index contributed by atoms with van der Waals surface area (Å²) in [6, 6.07) is 3.45. The highest BCUT2D eigenvalue weighted by atomic mass is 32.2. The van der Waals surface area contributed by atoms with Crippen molar-refractivity contribution in [1.82, 2.24) is 19.7 Å². The van der Waals surface area contributed by atoms with Crippen molar-refractivity contribution >= 4 is 15.7 Å². The maximum absolute atomic E-state index is 12.5. The SMILES string of the molecule is O=C1c2cn(-c3cccnc3)nc2CCN1CS(=O)(=O)CCC(F)(F)F. The second-order valence-electron chi connectivity index (χ2n) is 5.91. The van der Waals surface area contributed by atoms with Crippen molar-refractivity contribution in [3.05, 3.63) is 42.0 Å². The highest BCUT2D eigenvalue weighted by molar-refractivity contribution is 7.91. The van der Waals surface area contributed by atoms with Crippen LogP contribution in [0.2, 0.25) is 0 Å². The molecule has 1 amide bonds. The highest BCUT2D eigenvalue weighted by Gasteiger charge is 2.33. The maximum atomic E-state index is 12.5. The molecule has 3 heterocycles. The van der Waals surface area contributed by atoms with E-state index < -0.39 is 40.0 Å².